The molecule has 4 nitrogen and oxygen atoms in total. The summed E-state index contributed by atoms with van der Waals surface area (Å²) in [7, 11) is 0. The Labute approximate surface area is 117 Å². The third-order valence-electron chi connectivity index (χ3n) is 4.42. The van der Waals surface area contributed by atoms with Gasteiger partial charge in [-0.25, -0.2) is 0 Å². The van der Waals surface area contributed by atoms with E-state index >= 15 is 0 Å². The second-order valence-corrected chi connectivity index (χ2v) is 5.53. The van der Waals surface area contributed by atoms with E-state index in [2.05, 4.69) is 0 Å². The van der Waals surface area contributed by atoms with Gasteiger partial charge in [0.2, 0.25) is 0 Å². The Morgan fingerprint density at radius 3 is 2.25 bits per heavy atom. The van der Waals surface area contributed by atoms with Crippen LogP contribution in [0.4, 0.5) is 0 Å². The van der Waals surface area contributed by atoms with Crippen molar-refractivity contribution >= 4 is 17.6 Å². The minimum Gasteiger partial charge on any atom is -0.299 e. The molecule has 2 amide bonds. The summed E-state index contributed by atoms with van der Waals surface area (Å²) in [5, 5.41) is 0. The zero-order chi connectivity index (χ0) is 14.3. The standard InChI is InChI=1S/C16H17NO3/c1-2-10-9-11(7-8-14(10)18)17-15(19)12-5-3-4-6-13(12)16(17)20/h3-6,10-11H,2,7-9H2,1H3. The summed E-state index contributed by atoms with van der Waals surface area (Å²) in [6.45, 7) is 1.98. The maximum atomic E-state index is 12.4. The van der Waals surface area contributed by atoms with Crippen LogP contribution in [0.5, 0.6) is 0 Å². The van der Waals surface area contributed by atoms with Gasteiger partial charge in [-0.05, 0) is 31.4 Å². The van der Waals surface area contributed by atoms with Gasteiger partial charge in [0.05, 0.1) is 11.1 Å². The number of carbonyl (C=O) groups is 3. The van der Waals surface area contributed by atoms with E-state index < -0.39 is 0 Å². The van der Waals surface area contributed by atoms with Crippen LogP contribution in [0.25, 0.3) is 0 Å². The van der Waals surface area contributed by atoms with E-state index in [1.807, 2.05) is 6.92 Å². The first-order chi connectivity index (χ1) is 9.63. The smallest absolute Gasteiger partial charge is 0.261 e. The first kappa shape index (κ1) is 13.0. The normalized spacial score (nSPS) is 26.1. The molecule has 1 fully saturated rings. The third-order valence-corrected chi connectivity index (χ3v) is 4.42. The summed E-state index contributed by atoms with van der Waals surface area (Å²) in [4.78, 5) is 38.0. The van der Waals surface area contributed by atoms with Crippen LogP contribution in [-0.2, 0) is 4.79 Å². The van der Waals surface area contributed by atoms with E-state index in [0.717, 1.165) is 6.42 Å². The van der Waals surface area contributed by atoms with Crippen LogP contribution >= 0.6 is 0 Å². The number of Topliss-reactive ketones (excluding diaryl/α,β-unsaturated/α-hetero) is 1. The SMILES string of the molecule is CCC1CC(N2C(=O)c3ccccc3C2=O)CCC1=O. The van der Waals surface area contributed by atoms with Gasteiger partial charge in [-0.2, -0.15) is 0 Å². The maximum Gasteiger partial charge on any atom is 0.261 e. The predicted molar refractivity (Wildman–Crippen MR) is 73.4 cm³/mol. The van der Waals surface area contributed by atoms with Gasteiger partial charge in [0.1, 0.15) is 5.78 Å². The molecule has 20 heavy (non-hydrogen) atoms. The van der Waals surface area contributed by atoms with E-state index in [1.54, 1.807) is 24.3 Å². The topological polar surface area (TPSA) is 54.5 Å². The van der Waals surface area contributed by atoms with Gasteiger partial charge in [0.25, 0.3) is 11.8 Å². The maximum absolute atomic E-state index is 12.4. The van der Waals surface area contributed by atoms with Crippen LogP contribution in [0.1, 0.15) is 53.3 Å². The lowest BCUT2D eigenvalue weighted by atomic mass is 9.82. The molecule has 1 aromatic rings. The molecule has 4 heteroatoms. The van der Waals surface area contributed by atoms with Crippen LogP contribution in [0, 0.1) is 5.92 Å². The Bertz CT molecular complexity index is 558. The minimum absolute atomic E-state index is 0.0157. The molecule has 1 saturated carbocycles. The van der Waals surface area contributed by atoms with Crippen LogP contribution in [0.15, 0.2) is 24.3 Å². The van der Waals surface area contributed by atoms with Gasteiger partial charge in [-0.15, -0.1) is 0 Å². The molecule has 1 aliphatic carbocycles. The van der Waals surface area contributed by atoms with Gasteiger partial charge >= 0.3 is 0 Å². The minimum atomic E-state index is -0.209. The van der Waals surface area contributed by atoms with Gasteiger partial charge in [-0.1, -0.05) is 19.1 Å². The van der Waals surface area contributed by atoms with Crippen molar-refractivity contribution in [3.8, 4) is 0 Å². The van der Waals surface area contributed by atoms with Crippen molar-refractivity contribution in [1.29, 1.82) is 0 Å². The van der Waals surface area contributed by atoms with Crippen molar-refractivity contribution in [1.82, 2.24) is 4.90 Å². The number of imide groups is 1. The average Bonchev–Trinajstić information content (AvgIpc) is 2.72. The highest BCUT2D eigenvalue weighted by Crippen LogP contribution is 2.32. The molecule has 0 radical (unpaired) electrons. The molecule has 1 aliphatic heterocycles. The summed E-state index contributed by atoms with van der Waals surface area (Å²) in [6.07, 6.45) is 2.46. The Morgan fingerprint density at radius 2 is 1.70 bits per heavy atom. The molecule has 2 atom stereocenters. The lowest BCUT2D eigenvalue weighted by Gasteiger charge is -2.32. The number of amides is 2. The first-order valence-corrected chi connectivity index (χ1v) is 7.13. The molecule has 1 heterocycles. The van der Waals surface area contributed by atoms with E-state index in [-0.39, 0.29) is 29.6 Å². The Hall–Kier alpha value is -1.97. The van der Waals surface area contributed by atoms with Crippen LogP contribution in [-0.4, -0.2) is 28.5 Å². The molecule has 3 rings (SSSR count). The molecule has 0 saturated heterocycles. The van der Waals surface area contributed by atoms with Crippen molar-refractivity contribution in [2.75, 3.05) is 0 Å². The largest absolute Gasteiger partial charge is 0.299 e. The highest BCUT2D eigenvalue weighted by Gasteiger charge is 2.42. The molecular weight excluding hydrogens is 254 g/mol. The first-order valence-electron chi connectivity index (χ1n) is 7.13. The summed E-state index contributed by atoms with van der Waals surface area (Å²) in [6, 6.07) is 6.80. The summed E-state index contributed by atoms with van der Waals surface area (Å²) in [5.41, 5.74) is 0.977. The molecule has 0 N–H and O–H groups in total. The molecular formula is C16H17NO3. The highest BCUT2D eigenvalue weighted by atomic mass is 16.2. The van der Waals surface area contributed by atoms with Gasteiger partial charge in [-0.3, -0.25) is 19.3 Å². The number of fused-ring (bicyclic) bond motifs is 1. The second-order valence-electron chi connectivity index (χ2n) is 5.53. The van der Waals surface area contributed by atoms with E-state index in [0.29, 0.717) is 30.4 Å². The fourth-order valence-electron chi connectivity index (χ4n) is 3.26. The molecule has 0 bridgehead atoms. The molecule has 104 valence electrons. The fourth-order valence-corrected chi connectivity index (χ4v) is 3.26. The van der Waals surface area contributed by atoms with Gasteiger partial charge in [0.15, 0.2) is 0 Å². The van der Waals surface area contributed by atoms with Crippen molar-refractivity contribution in [2.45, 2.75) is 38.6 Å². The predicted octanol–water partition coefficient (Wildman–Crippen LogP) is 2.43. The van der Waals surface area contributed by atoms with Gasteiger partial charge in [0, 0.05) is 18.4 Å². The van der Waals surface area contributed by atoms with E-state index in [1.165, 1.54) is 4.90 Å². The number of benzene rings is 1. The highest BCUT2D eigenvalue weighted by molar-refractivity contribution is 6.21. The van der Waals surface area contributed by atoms with Crippen LogP contribution < -0.4 is 0 Å². The number of nitrogens with zero attached hydrogens (tertiary/aromatic N) is 1. The fraction of sp³-hybridized carbons (Fsp3) is 0.438. The summed E-state index contributed by atoms with van der Waals surface area (Å²) in [5.74, 6) is -0.168. The number of ketones is 1. The number of rotatable bonds is 2. The van der Waals surface area contributed by atoms with Crippen molar-refractivity contribution < 1.29 is 14.4 Å². The average molecular weight is 271 g/mol. The second kappa shape index (κ2) is 4.85. The van der Waals surface area contributed by atoms with E-state index in [9.17, 15) is 14.4 Å². The molecule has 2 unspecified atom stereocenters. The molecule has 2 aliphatic rings. The lowest BCUT2D eigenvalue weighted by Crippen LogP contribution is -2.44. The number of carbonyl (C=O) groups excluding carboxylic acids is 3. The lowest BCUT2D eigenvalue weighted by molar-refractivity contribution is -0.125. The van der Waals surface area contributed by atoms with Crippen molar-refractivity contribution in [3.63, 3.8) is 0 Å². The quantitative estimate of drug-likeness (QED) is 0.776. The zero-order valence-electron chi connectivity index (χ0n) is 11.5. The Morgan fingerprint density at radius 1 is 1.10 bits per heavy atom. The van der Waals surface area contributed by atoms with Crippen molar-refractivity contribution in [3.05, 3.63) is 35.4 Å². The molecule has 0 aromatic heterocycles. The Balaban J connectivity index is 1.88. The monoisotopic (exact) mass is 271 g/mol. The van der Waals surface area contributed by atoms with Crippen LogP contribution in [0.3, 0.4) is 0 Å². The zero-order valence-corrected chi connectivity index (χ0v) is 11.5. The summed E-state index contributed by atoms with van der Waals surface area (Å²) < 4.78 is 0. The number of hydrogen-bond donors (Lipinski definition) is 0. The Kier molecular flexibility index (Phi) is 3.16. The van der Waals surface area contributed by atoms with Gasteiger partial charge < -0.3 is 0 Å². The van der Waals surface area contributed by atoms with E-state index in [4.69, 9.17) is 0 Å². The van der Waals surface area contributed by atoms with Crippen molar-refractivity contribution in [2.24, 2.45) is 5.92 Å². The third kappa shape index (κ3) is 1.87. The molecule has 0 spiro atoms. The number of hydrogen-bond acceptors (Lipinski definition) is 3. The van der Waals surface area contributed by atoms with Crippen LogP contribution in [0.2, 0.25) is 0 Å². The molecule has 1 aromatic carbocycles. The summed E-state index contributed by atoms with van der Waals surface area (Å²) >= 11 is 0.